The summed E-state index contributed by atoms with van der Waals surface area (Å²) in [6.45, 7) is 1.97. The van der Waals surface area contributed by atoms with Crippen molar-refractivity contribution in [1.82, 2.24) is 0 Å². The highest BCUT2D eigenvalue weighted by Crippen LogP contribution is 2.35. The highest BCUT2D eigenvalue weighted by atomic mass is 32.2. The van der Waals surface area contributed by atoms with Crippen LogP contribution in [0.2, 0.25) is 0 Å². The van der Waals surface area contributed by atoms with Gasteiger partial charge in [-0.15, -0.1) is 0 Å². The number of methoxy groups -OCH3 is 1. The van der Waals surface area contributed by atoms with Crippen LogP contribution in [0.1, 0.15) is 29.9 Å². The summed E-state index contributed by atoms with van der Waals surface area (Å²) >= 11 is 0. The van der Waals surface area contributed by atoms with Gasteiger partial charge in [-0.25, -0.2) is 8.42 Å². The number of aryl methyl sites for hydroxylation is 1. The van der Waals surface area contributed by atoms with E-state index in [2.05, 4.69) is 4.74 Å². The van der Waals surface area contributed by atoms with Gasteiger partial charge in [0, 0.05) is 5.92 Å². The zero-order valence-corrected chi connectivity index (χ0v) is 11.9. The van der Waals surface area contributed by atoms with Crippen LogP contribution in [0.4, 0.5) is 0 Å². The van der Waals surface area contributed by atoms with Crippen molar-refractivity contribution in [3.63, 3.8) is 0 Å². The van der Waals surface area contributed by atoms with Gasteiger partial charge in [0.15, 0.2) is 15.1 Å². The molecule has 1 aromatic rings. The molecule has 2 rings (SSSR count). The lowest BCUT2D eigenvalue weighted by Crippen LogP contribution is -2.41. The molecule has 1 heterocycles. The number of ether oxygens (including phenoxy) is 1. The quantitative estimate of drug-likeness (QED) is 0.776. The molecule has 1 fully saturated rings. The molecular formula is C14H18O4S. The number of carbonyl (C=O) groups is 1. The zero-order chi connectivity index (χ0) is 14.0. The lowest BCUT2D eigenvalue weighted by atomic mass is 9.90. The van der Waals surface area contributed by atoms with Crippen molar-refractivity contribution in [2.45, 2.75) is 30.9 Å². The van der Waals surface area contributed by atoms with E-state index in [1.54, 1.807) is 0 Å². The number of sulfone groups is 1. The molecule has 0 saturated carbocycles. The smallest absolute Gasteiger partial charge is 0.324 e. The number of carbonyl (C=O) groups excluding carboxylic acids is 1. The number of benzene rings is 1. The van der Waals surface area contributed by atoms with E-state index in [-0.39, 0.29) is 11.7 Å². The molecule has 0 radical (unpaired) electrons. The van der Waals surface area contributed by atoms with E-state index in [4.69, 9.17) is 0 Å². The van der Waals surface area contributed by atoms with E-state index in [0.29, 0.717) is 12.8 Å². The molecule has 1 saturated heterocycles. The van der Waals surface area contributed by atoms with E-state index in [9.17, 15) is 13.2 Å². The number of hydrogen-bond acceptors (Lipinski definition) is 4. The highest BCUT2D eigenvalue weighted by Gasteiger charge is 2.43. The molecule has 5 heteroatoms. The van der Waals surface area contributed by atoms with Gasteiger partial charge in [0.25, 0.3) is 0 Å². The van der Waals surface area contributed by atoms with E-state index in [1.165, 1.54) is 7.11 Å². The van der Waals surface area contributed by atoms with Crippen molar-refractivity contribution in [2.24, 2.45) is 0 Å². The summed E-state index contributed by atoms with van der Waals surface area (Å²) in [4.78, 5) is 11.8. The molecule has 19 heavy (non-hydrogen) atoms. The molecule has 0 aliphatic carbocycles. The molecule has 0 amide bonds. The van der Waals surface area contributed by atoms with Crippen LogP contribution in [-0.2, 0) is 19.4 Å². The third-order valence-electron chi connectivity index (χ3n) is 3.64. The zero-order valence-electron chi connectivity index (χ0n) is 11.1. The van der Waals surface area contributed by atoms with Crippen LogP contribution >= 0.6 is 0 Å². The van der Waals surface area contributed by atoms with Crippen molar-refractivity contribution in [3.05, 3.63) is 35.4 Å². The molecule has 1 aliphatic heterocycles. The van der Waals surface area contributed by atoms with Crippen LogP contribution in [0.3, 0.4) is 0 Å². The van der Waals surface area contributed by atoms with Crippen molar-refractivity contribution in [3.8, 4) is 0 Å². The number of esters is 1. The second kappa shape index (κ2) is 5.33. The van der Waals surface area contributed by atoms with Gasteiger partial charge in [-0.3, -0.25) is 4.79 Å². The average molecular weight is 282 g/mol. The average Bonchev–Trinajstić information content (AvgIpc) is 2.37. The summed E-state index contributed by atoms with van der Waals surface area (Å²) in [6, 6.07) is 7.67. The Morgan fingerprint density at radius 1 is 1.26 bits per heavy atom. The number of rotatable bonds is 2. The maximum Gasteiger partial charge on any atom is 0.324 e. The largest absolute Gasteiger partial charge is 0.468 e. The molecule has 0 spiro atoms. The molecular weight excluding hydrogens is 264 g/mol. The van der Waals surface area contributed by atoms with Crippen LogP contribution in [-0.4, -0.2) is 32.5 Å². The minimum atomic E-state index is -3.42. The van der Waals surface area contributed by atoms with Crippen molar-refractivity contribution in [2.75, 3.05) is 12.9 Å². The van der Waals surface area contributed by atoms with Gasteiger partial charge in [0.2, 0.25) is 0 Å². The predicted octanol–water partition coefficient (Wildman–Crippen LogP) is 1.83. The van der Waals surface area contributed by atoms with Gasteiger partial charge in [0.05, 0.1) is 12.9 Å². The van der Waals surface area contributed by atoms with Gasteiger partial charge < -0.3 is 4.74 Å². The normalized spacial score (nSPS) is 25.8. The molecule has 1 aromatic carbocycles. The molecule has 4 nitrogen and oxygen atoms in total. The first-order valence-electron chi connectivity index (χ1n) is 6.31. The Balaban J connectivity index is 2.41. The van der Waals surface area contributed by atoms with E-state index < -0.39 is 21.1 Å². The molecule has 0 bridgehead atoms. The van der Waals surface area contributed by atoms with Crippen molar-refractivity contribution >= 4 is 15.8 Å². The molecule has 104 valence electrons. The fourth-order valence-corrected chi connectivity index (χ4v) is 4.62. The minimum absolute atomic E-state index is 0.0646. The predicted molar refractivity (Wildman–Crippen MR) is 72.7 cm³/mol. The van der Waals surface area contributed by atoms with Gasteiger partial charge in [-0.2, -0.15) is 0 Å². The van der Waals surface area contributed by atoms with Gasteiger partial charge >= 0.3 is 5.97 Å². The Kier molecular flexibility index (Phi) is 3.94. The maximum absolute atomic E-state index is 12.1. The van der Waals surface area contributed by atoms with Crippen LogP contribution in [0.15, 0.2) is 24.3 Å². The maximum atomic E-state index is 12.1. The van der Waals surface area contributed by atoms with Crippen molar-refractivity contribution in [1.29, 1.82) is 0 Å². The third kappa shape index (κ3) is 2.81. The van der Waals surface area contributed by atoms with Crippen LogP contribution in [0.5, 0.6) is 0 Å². The number of hydrogen-bond donors (Lipinski definition) is 0. The Morgan fingerprint density at radius 3 is 2.47 bits per heavy atom. The summed E-state index contributed by atoms with van der Waals surface area (Å²) in [7, 11) is -2.18. The van der Waals surface area contributed by atoms with E-state index in [1.807, 2.05) is 31.2 Å². The first-order valence-corrected chi connectivity index (χ1v) is 8.03. The second-order valence-corrected chi connectivity index (χ2v) is 7.21. The lowest BCUT2D eigenvalue weighted by Gasteiger charge is -2.29. The van der Waals surface area contributed by atoms with E-state index >= 15 is 0 Å². The Morgan fingerprint density at radius 2 is 1.89 bits per heavy atom. The standard InChI is InChI=1S/C14H18O4S/c1-10-5-7-11(8-6-10)12-4-3-9-19(16,17)13(12)14(15)18-2/h5-8,12-13H,3-4,9H2,1-2H3/t12-,13-/m0/s1. The Hall–Kier alpha value is -1.36. The van der Waals surface area contributed by atoms with Crippen LogP contribution < -0.4 is 0 Å². The fourth-order valence-electron chi connectivity index (χ4n) is 2.62. The molecule has 0 N–H and O–H groups in total. The van der Waals surface area contributed by atoms with Gasteiger partial charge in [0.1, 0.15) is 0 Å². The summed E-state index contributed by atoms with van der Waals surface area (Å²) in [5, 5.41) is -1.06. The van der Waals surface area contributed by atoms with Gasteiger partial charge in [-0.05, 0) is 25.3 Å². The molecule has 1 aliphatic rings. The summed E-state index contributed by atoms with van der Waals surface area (Å²) in [5.74, 6) is -0.883. The van der Waals surface area contributed by atoms with Crippen LogP contribution in [0.25, 0.3) is 0 Å². The fraction of sp³-hybridized carbons (Fsp3) is 0.500. The summed E-state index contributed by atoms with van der Waals surface area (Å²) < 4.78 is 28.9. The molecule has 0 aromatic heterocycles. The van der Waals surface area contributed by atoms with Crippen molar-refractivity contribution < 1.29 is 17.9 Å². The monoisotopic (exact) mass is 282 g/mol. The third-order valence-corrected chi connectivity index (χ3v) is 5.79. The minimum Gasteiger partial charge on any atom is -0.468 e. The Labute approximate surface area is 113 Å². The summed E-state index contributed by atoms with van der Waals surface area (Å²) in [5.41, 5.74) is 2.00. The Bertz CT molecular complexity index is 560. The first-order chi connectivity index (χ1) is 8.95. The SMILES string of the molecule is COC(=O)[C@@H]1[C@H](c2ccc(C)cc2)CCCS1(=O)=O. The van der Waals surface area contributed by atoms with E-state index in [0.717, 1.165) is 11.1 Å². The lowest BCUT2D eigenvalue weighted by molar-refractivity contribution is -0.140. The molecule has 2 atom stereocenters. The first kappa shape index (κ1) is 14.1. The molecule has 0 unspecified atom stereocenters. The second-order valence-electron chi connectivity index (χ2n) is 4.97. The highest BCUT2D eigenvalue weighted by molar-refractivity contribution is 7.92. The van der Waals surface area contributed by atoms with Crippen LogP contribution in [0, 0.1) is 6.92 Å². The summed E-state index contributed by atoms with van der Waals surface area (Å²) in [6.07, 6.45) is 1.29. The van der Waals surface area contributed by atoms with Gasteiger partial charge in [-0.1, -0.05) is 29.8 Å². The topological polar surface area (TPSA) is 60.4 Å².